The fourth-order valence-electron chi connectivity index (χ4n) is 2.96. The van der Waals surface area contributed by atoms with Crippen LogP contribution in [0.2, 0.25) is 0 Å². The number of rotatable bonds is 6. The van der Waals surface area contributed by atoms with Crippen molar-refractivity contribution >= 4 is 22.7 Å². The highest BCUT2D eigenvalue weighted by Crippen LogP contribution is 2.24. The minimum atomic E-state index is -0.441. The number of nitro groups is 1. The van der Waals surface area contributed by atoms with E-state index in [1.165, 1.54) is 12.1 Å². The molecular weight excluding hydrogens is 350 g/mol. The van der Waals surface area contributed by atoms with Gasteiger partial charge in [-0.1, -0.05) is 12.1 Å². The predicted molar refractivity (Wildman–Crippen MR) is 96.3 cm³/mol. The summed E-state index contributed by atoms with van der Waals surface area (Å²) >= 11 is 0. The number of aromatic nitrogens is 1. The number of benzene rings is 1. The largest absolute Gasteiger partial charge is 0.467 e. The maximum atomic E-state index is 12.7. The summed E-state index contributed by atoms with van der Waals surface area (Å²) < 4.78 is 12.4. The highest BCUT2D eigenvalue weighted by Gasteiger charge is 2.18. The average molecular weight is 365 g/mol. The van der Waals surface area contributed by atoms with Crippen LogP contribution < -0.4 is 5.32 Å². The minimum absolute atomic E-state index is 0.00640. The van der Waals surface area contributed by atoms with E-state index in [4.69, 9.17) is 8.83 Å². The third kappa shape index (κ3) is 3.32. The van der Waals surface area contributed by atoms with Gasteiger partial charge in [-0.25, -0.2) is 0 Å². The first kappa shape index (κ1) is 16.6. The molecule has 8 heteroatoms. The Morgan fingerprint density at radius 2 is 2.00 bits per heavy atom. The number of carbonyl (C=O) groups excluding carboxylic acids is 1. The summed E-state index contributed by atoms with van der Waals surface area (Å²) in [5.41, 5.74) is 2.44. The number of carbonyl (C=O) groups is 1. The minimum Gasteiger partial charge on any atom is -0.467 e. The molecule has 0 atom stereocenters. The molecule has 0 radical (unpaired) electrons. The van der Waals surface area contributed by atoms with Crippen LogP contribution in [0.3, 0.4) is 0 Å². The molecule has 1 aromatic carbocycles. The number of amides is 1. The Morgan fingerprint density at radius 3 is 2.78 bits per heavy atom. The summed E-state index contributed by atoms with van der Waals surface area (Å²) in [5.74, 6) is 0.354. The van der Waals surface area contributed by atoms with Gasteiger partial charge in [0.05, 0.1) is 29.5 Å². The van der Waals surface area contributed by atoms with Gasteiger partial charge in [-0.2, -0.15) is 0 Å². The van der Waals surface area contributed by atoms with Gasteiger partial charge >= 0.3 is 0 Å². The molecular formula is C19H15N3O5. The molecule has 4 aromatic rings. The average Bonchev–Trinajstić information content (AvgIpc) is 3.39. The van der Waals surface area contributed by atoms with Crippen LogP contribution in [0, 0.1) is 10.1 Å². The Bertz CT molecular complexity index is 1110. The van der Waals surface area contributed by atoms with E-state index >= 15 is 0 Å². The Balaban J connectivity index is 1.64. The standard InChI is InChI=1S/C19H15N3O5/c23-19(20-11-15-5-2-7-26-15)17-10-18-16(6-8-27-18)21(17)12-13-3-1-4-14(9-13)22(24)25/h1-10H,11-12H2,(H,20,23). The van der Waals surface area contributed by atoms with Crippen LogP contribution in [0.15, 0.2) is 69.9 Å². The molecule has 3 heterocycles. The van der Waals surface area contributed by atoms with Crippen molar-refractivity contribution in [2.75, 3.05) is 0 Å². The van der Waals surface area contributed by atoms with Crippen molar-refractivity contribution in [1.29, 1.82) is 0 Å². The second-order valence-electron chi connectivity index (χ2n) is 5.97. The molecule has 4 rings (SSSR count). The number of hydrogen-bond donors (Lipinski definition) is 1. The van der Waals surface area contributed by atoms with E-state index in [-0.39, 0.29) is 18.1 Å². The topological polar surface area (TPSA) is 103 Å². The molecule has 0 spiro atoms. The highest BCUT2D eigenvalue weighted by molar-refractivity contribution is 5.97. The van der Waals surface area contributed by atoms with Crippen LogP contribution in [0.25, 0.3) is 11.1 Å². The molecule has 8 nitrogen and oxygen atoms in total. The van der Waals surface area contributed by atoms with Gasteiger partial charge in [-0.15, -0.1) is 0 Å². The van der Waals surface area contributed by atoms with Crippen LogP contribution in [-0.4, -0.2) is 15.4 Å². The molecule has 0 aliphatic carbocycles. The van der Waals surface area contributed by atoms with Crippen LogP contribution >= 0.6 is 0 Å². The van der Waals surface area contributed by atoms with Gasteiger partial charge in [0.1, 0.15) is 11.5 Å². The molecule has 0 aliphatic rings. The quantitative estimate of drug-likeness (QED) is 0.414. The van der Waals surface area contributed by atoms with Gasteiger partial charge in [0.25, 0.3) is 11.6 Å². The number of furan rings is 2. The lowest BCUT2D eigenvalue weighted by Crippen LogP contribution is -2.25. The molecule has 0 saturated carbocycles. The third-order valence-corrected chi connectivity index (χ3v) is 4.22. The normalized spacial score (nSPS) is 11.0. The number of nitrogens with one attached hydrogen (secondary N) is 1. The fraction of sp³-hybridized carbons (Fsp3) is 0.105. The second kappa shape index (κ2) is 6.83. The van der Waals surface area contributed by atoms with Gasteiger partial charge < -0.3 is 18.7 Å². The first-order valence-corrected chi connectivity index (χ1v) is 8.22. The van der Waals surface area contributed by atoms with Gasteiger partial charge in [0.2, 0.25) is 0 Å². The van der Waals surface area contributed by atoms with Crippen molar-refractivity contribution in [3.05, 3.63) is 88.2 Å². The van der Waals surface area contributed by atoms with Gasteiger partial charge in [-0.05, 0) is 17.7 Å². The molecule has 1 amide bonds. The zero-order valence-electron chi connectivity index (χ0n) is 14.1. The third-order valence-electron chi connectivity index (χ3n) is 4.22. The number of fused-ring (bicyclic) bond motifs is 1. The molecule has 0 unspecified atom stereocenters. The smallest absolute Gasteiger partial charge is 0.269 e. The van der Waals surface area contributed by atoms with Crippen LogP contribution in [0.1, 0.15) is 21.8 Å². The van der Waals surface area contributed by atoms with Crippen LogP contribution in [-0.2, 0) is 13.1 Å². The fourth-order valence-corrected chi connectivity index (χ4v) is 2.96. The summed E-state index contributed by atoms with van der Waals surface area (Å²) in [4.78, 5) is 23.2. The van der Waals surface area contributed by atoms with E-state index in [1.54, 1.807) is 53.5 Å². The van der Waals surface area contributed by atoms with Crippen molar-refractivity contribution in [2.24, 2.45) is 0 Å². The van der Waals surface area contributed by atoms with Crippen molar-refractivity contribution in [2.45, 2.75) is 13.1 Å². The van der Waals surface area contributed by atoms with Gasteiger partial charge in [0, 0.05) is 30.8 Å². The van der Waals surface area contributed by atoms with Crippen molar-refractivity contribution < 1.29 is 18.6 Å². The Kier molecular flexibility index (Phi) is 4.21. The summed E-state index contributed by atoms with van der Waals surface area (Å²) in [5, 5.41) is 13.8. The maximum absolute atomic E-state index is 12.7. The summed E-state index contributed by atoms with van der Waals surface area (Å²) in [6.45, 7) is 0.559. The van der Waals surface area contributed by atoms with Gasteiger partial charge in [0.15, 0.2) is 5.58 Å². The zero-order valence-corrected chi connectivity index (χ0v) is 14.1. The summed E-state index contributed by atoms with van der Waals surface area (Å²) in [6.07, 6.45) is 3.08. The Labute approximate surface area is 153 Å². The number of nitro benzene ring substituents is 1. The molecule has 0 bridgehead atoms. The lowest BCUT2D eigenvalue weighted by molar-refractivity contribution is -0.384. The van der Waals surface area contributed by atoms with Gasteiger partial charge in [-0.3, -0.25) is 14.9 Å². The monoisotopic (exact) mass is 365 g/mol. The SMILES string of the molecule is O=C(NCc1ccco1)c1cc2occc2n1Cc1cccc([N+](=O)[O-])c1. The van der Waals surface area contributed by atoms with E-state index in [0.717, 1.165) is 5.52 Å². The van der Waals surface area contributed by atoms with Crippen LogP contribution in [0.5, 0.6) is 0 Å². The first-order chi connectivity index (χ1) is 13.1. The van der Waals surface area contributed by atoms with E-state index < -0.39 is 4.92 Å². The molecule has 136 valence electrons. The van der Waals surface area contributed by atoms with Crippen molar-refractivity contribution in [3.8, 4) is 0 Å². The number of hydrogen-bond acceptors (Lipinski definition) is 5. The van der Waals surface area contributed by atoms with E-state index in [9.17, 15) is 14.9 Å². The van der Waals surface area contributed by atoms with Crippen molar-refractivity contribution in [1.82, 2.24) is 9.88 Å². The second-order valence-corrected chi connectivity index (χ2v) is 5.97. The summed E-state index contributed by atoms with van der Waals surface area (Å²) in [7, 11) is 0. The lowest BCUT2D eigenvalue weighted by Gasteiger charge is -2.10. The number of non-ortho nitro benzene ring substituents is 1. The van der Waals surface area contributed by atoms with E-state index in [1.807, 2.05) is 0 Å². The maximum Gasteiger partial charge on any atom is 0.269 e. The highest BCUT2D eigenvalue weighted by atomic mass is 16.6. The predicted octanol–water partition coefficient (Wildman–Crippen LogP) is 3.71. The molecule has 0 aliphatic heterocycles. The zero-order chi connectivity index (χ0) is 18.8. The Morgan fingerprint density at radius 1 is 1.11 bits per heavy atom. The molecule has 27 heavy (non-hydrogen) atoms. The van der Waals surface area contributed by atoms with E-state index in [2.05, 4.69) is 5.32 Å². The molecule has 3 aromatic heterocycles. The summed E-state index contributed by atoms with van der Waals surface area (Å²) in [6, 6.07) is 13.3. The molecule has 1 N–H and O–H groups in total. The molecule has 0 saturated heterocycles. The molecule has 0 fully saturated rings. The lowest BCUT2D eigenvalue weighted by atomic mass is 10.2. The van der Waals surface area contributed by atoms with Crippen LogP contribution in [0.4, 0.5) is 5.69 Å². The number of nitrogens with zero attached hydrogens (tertiary/aromatic N) is 2. The van der Waals surface area contributed by atoms with E-state index in [0.29, 0.717) is 29.1 Å². The Hall–Kier alpha value is -3.81. The first-order valence-electron chi connectivity index (χ1n) is 8.22. The van der Waals surface area contributed by atoms with Crippen molar-refractivity contribution in [3.63, 3.8) is 0 Å².